The third-order valence-electron chi connectivity index (χ3n) is 6.29. The molecule has 0 amide bonds. The van der Waals surface area contributed by atoms with Gasteiger partial charge in [0, 0.05) is 23.1 Å². The van der Waals surface area contributed by atoms with Crippen molar-refractivity contribution >= 4 is 21.8 Å². The lowest BCUT2D eigenvalue weighted by molar-refractivity contribution is 0.873. The molecule has 0 radical (unpaired) electrons. The van der Waals surface area contributed by atoms with Crippen molar-refractivity contribution in [2.24, 2.45) is 0 Å². The van der Waals surface area contributed by atoms with Gasteiger partial charge in [0.15, 0.2) is 0 Å². The van der Waals surface area contributed by atoms with Gasteiger partial charge in [-0.1, -0.05) is 48.0 Å². The molecule has 0 spiro atoms. The standard InChI is InChI=1S/C26H24N4/c1-15-3-8-20-18(13-15)6-11-23-26(20)30-24(29-23)12-5-17-4-9-21-19(14-17)7-10-22-25(21)28-16(2)27-22/h3-4,6,8-9,11,13-14H,5,7,10,12H2,1-2H3,(H,27,28)(H,29,30). The van der Waals surface area contributed by atoms with Crippen molar-refractivity contribution in [3.8, 4) is 11.3 Å². The van der Waals surface area contributed by atoms with Crippen molar-refractivity contribution in [1.29, 1.82) is 0 Å². The number of hydrogen-bond donors (Lipinski definition) is 2. The zero-order valence-electron chi connectivity index (χ0n) is 17.3. The zero-order chi connectivity index (χ0) is 20.2. The molecule has 3 aromatic carbocycles. The van der Waals surface area contributed by atoms with Crippen molar-refractivity contribution < 1.29 is 0 Å². The summed E-state index contributed by atoms with van der Waals surface area (Å²) in [5, 5.41) is 2.47. The van der Waals surface area contributed by atoms with Crippen LogP contribution in [-0.2, 0) is 25.7 Å². The van der Waals surface area contributed by atoms with E-state index in [0.717, 1.165) is 54.1 Å². The molecule has 148 valence electrons. The summed E-state index contributed by atoms with van der Waals surface area (Å²) < 4.78 is 0. The second kappa shape index (κ2) is 6.56. The van der Waals surface area contributed by atoms with Crippen LogP contribution in [0.5, 0.6) is 0 Å². The third kappa shape index (κ3) is 2.83. The van der Waals surface area contributed by atoms with Crippen LogP contribution in [0.1, 0.15) is 34.0 Å². The molecule has 0 saturated carbocycles. The van der Waals surface area contributed by atoms with Gasteiger partial charge in [-0.25, -0.2) is 9.97 Å². The molecule has 0 atom stereocenters. The molecule has 6 rings (SSSR count). The highest BCUT2D eigenvalue weighted by molar-refractivity contribution is 6.04. The highest BCUT2D eigenvalue weighted by Gasteiger charge is 2.19. The van der Waals surface area contributed by atoms with E-state index in [1.54, 1.807) is 0 Å². The molecule has 0 saturated heterocycles. The first-order valence-corrected chi connectivity index (χ1v) is 10.7. The van der Waals surface area contributed by atoms with Crippen LogP contribution in [0.2, 0.25) is 0 Å². The molecule has 2 heterocycles. The Morgan fingerprint density at radius 3 is 2.73 bits per heavy atom. The SMILES string of the molecule is Cc1ccc2c(ccc3[nH]c(CCc4ccc5c(c4)CCc4[nH]c(C)nc4-5)nc32)c1. The quantitative estimate of drug-likeness (QED) is 0.419. The minimum Gasteiger partial charge on any atom is -0.346 e. The molecule has 0 unspecified atom stereocenters. The first kappa shape index (κ1) is 17.5. The molecule has 2 aromatic heterocycles. The first-order chi connectivity index (χ1) is 14.6. The lowest BCUT2D eigenvalue weighted by Gasteiger charge is -2.16. The summed E-state index contributed by atoms with van der Waals surface area (Å²) in [7, 11) is 0. The van der Waals surface area contributed by atoms with E-state index in [1.165, 1.54) is 38.7 Å². The molecule has 2 N–H and O–H groups in total. The number of benzene rings is 3. The number of imidazole rings is 2. The van der Waals surface area contributed by atoms with E-state index in [1.807, 2.05) is 6.92 Å². The predicted molar refractivity (Wildman–Crippen MR) is 122 cm³/mol. The fourth-order valence-corrected chi connectivity index (χ4v) is 4.80. The van der Waals surface area contributed by atoms with E-state index in [9.17, 15) is 0 Å². The van der Waals surface area contributed by atoms with Crippen LogP contribution in [-0.4, -0.2) is 19.9 Å². The van der Waals surface area contributed by atoms with Crippen LogP contribution in [0.3, 0.4) is 0 Å². The smallest absolute Gasteiger partial charge is 0.107 e. The van der Waals surface area contributed by atoms with Gasteiger partial charge >= 0.3 is 0 Å². The van der Waals surface area contributed by atoms with Gasteiger partial charge in [-0.3, -0.25) is 0 Å². The van der Waals surface area contributed by atoms with E-state index in [0.29, 0.717) is 0 Å². The molecule has 1 aliphatic rings. The lowest BCUT2D eigenvalue weighted by atomic mass is 9.90. The van der Waals surface area contributed by atoms with Gasteiger partial charge in [-0.15, -0.1) is 0 Å². The fraction of sp³-hybridized carbons (Fsp3) is 0.231. The monoisotopic (exact) mass is 392 g/mol. The van der Waals surface area contributed by atoms with E-state index >= 15 is 0 Å². The summed E-state index contributed by atoms with van der Waals surface area (Å²) in [6.07, 6.45) is 4.01. The largest absolute Gasteiger partial charge is 0.346 e. The predicted octanol–water partition coefficient (Wildman–Crippen LogP) is 5.61. The summed E-state index contributed by atoms with van der Waals surface area (Å²) in [6, 6.07) is 17.8. The first-order valence-electron chi connectivity index (χ1n) is 10.7. The topological polar surface area (TPSA) is 57.4 Å². The Kier molecular flexibility index (Phi) is 3.82. The highest BCUT2D eigenvalue weighted by atomic mass is 14.9. The minimum absolute atomic E-state index is 0.910. The third-order valence-corrected chi connectivity index (χ3v) is 6.29. The van der Waals surface area contributed by atoms with Gasteiger partial charge in [0.2, 0.25) is 0 Å². The van der Waals surface area contributed by atoms with Crippen molar-refractivity contribution in [2.75, 3.05) is 0 Å². The number of aromatic amines is 2. The number of aromatic nitrogens is 4. The fourth-order valence-electron chi connectivity index (χ4n) is 4.80. The molecular weight excluding hydrogens is 368 g/mol. The molecule has 0 bridgehead atoms. The van der Waals surface area contributed by atoms with Gasteiger partial charge in [-0.2, -0.15) is 0 Å². The number of fused-ring (bicyclic) bond motifs is 6. The van der Waals surface area contributed by atoms with Crippen molar-refractivity contribution in [2.45, 2.75) is 39.5 Å². The molecule has 4 heteroatoms. The molecule has 1 aliphatic carbocycles. The Hall–Kier alpha value is -3.40. The lowest BCUT2D eigenvalue weighted by Crippen LogP contribution is -2.05. The van der Waals surface area contributed by atoms with E-state index in [2.05, 4.69) is 65.4 Å². The molecule has 0 fully saturated rings. The van der Waals surface area contributed by atoms with Crippen LogP contribution >= 0.6 is 0 Å². The Balaban J connectivity index is 1.27. The maximum atomic E-state index is 4.94. The van der Waals surface area contributed by atoms with Crippen LogP contribution in [0.25, 0.3) is 33.1 Å². The number of hydrogen-bond acceptors (Lipinski definition) is 2. The average Bonchev–Trinajstić information content (AvgIpc) is 3.34. The second-order valence-electron chi connectivity index (χ2n) is 8.51. The molecule has 30 heavy (non-hydrogen) atoms. The van der Waals surface area contributed by atoms with E-state index < -0.39 is 0 Å². The summed E-state index contributed by atoms with van der Waals surface area (Å²) >= 11 is 0. The van der Waals surface area contributed by atoms with Gasteiger partial charge in [0.25, 0.3) is 0 Å². The number of nitrogens with one attached hydrogen (secondary N) is 2. The number of H-pyrrole nitrogens is 2. The summed E-state index contributed by atoms with van der Waals surface area (Å²) in [5.41, 5.74) is 9.96. The summed E-state index contributed by atoms with van der Waals surface area (Å²) in [4.78, 5) is 16.6. The Morgan fingerprint density at radius 2 is 1.80 bits per heavy atom. The zero-order valence-corrected chi connectivity index (χ0v) is 17.3. The second-order valence-corrected chi connectivity index (χ2v) is 8.51. The Morgan fingerprint density at radius 1 is 0.867 bits per heavy atom. The van der Waals surface area contributed by atoms with Crippen LogP contribution < -0.4 is 0 Å². The summed E-state index contributed by atoms with van der Waals surface area (Å²) in [6.45, 7) is 4.16. The molecule has 0 aliphatic heterocycles. The van der Waals surface area contributed by atoms with Gasteiger partial charge < -0.3 is 9.97 Å². The number of rotatable bonds is 3. The van der Waals surface area contributed by atoms with Crippen LogP contribution in [0.15, 0.2) is 48.5 Å². The Bertz CT molecular complexity index is 1420. The van der Waals surface area contributed by atoms with Gasteiger partial charge in [0.05, 0.1) is 16.7 Å². The number of aryl methyl sites for hydroxylation is 6. The molecule has 4 nitrogen and oxygen atoms in total. The van der Waals surface area contributed by atoms with E-state index in [-0.39, 0.29) is 0 Å². The van der Waals surface area contributed by atoms with Crippen LogP contribution in [0.4, 0.5) is 0 Å². The highest BCUT2D eigenvalue weighted by Crippen LogP contribution is 2.32. The minimum atomic E-state index is 0.910. The maximum absolute atomic E-state index is 4.94. The average molecular weight is 393 g/mol. The van der Waals surface area contributed by atoms with Gasteiger partial charge in [-0.05, 0) is 55.7 Å². The van der Waals surface area contributed by atoms with Gasteiger partial charge in [0.1, 0.15) is 11.6 Å². The normalized spacial score (nSPS) is 13.0. The van der Waals surface area contributed by atoms with Crippen molar-refractivity contribution in [1.82, 2.24) is 19.9 Å². The van der Waals surface area contributed by atoms with Crippen LogP contribution in [0, 0.1) is 13.8 Å². The maximum Gasteiger partial charge on any atom is 0.107 e. The van der Waals surface area contributed by atoms with E-state index in [4.69, 9.17) is 9.97 Å². The molecule has 5 aromatic rings. The summed E-state index contributed by atoms with van der Waals surface area (Å²) in [5.74, 6) is 2.06. The van der Waals surface area contributed by atoms with Crippen molar-refractivity contribution in [3.63, 3.8) is 0 Å². The van der Waals surface area contributed by atoms with Crippen molar-refractivity contribution in [3.05, 3.63) is 82.6 Å². The number of nitrogens with zero attached hydrogens (tertiary/aromatic N) is 2. The Labute approximate surface area is 175 Å². The molecular formula is C26H24N4.